The first-order valence-corrected chi connectivity index (χ1v) is 7.11. The van der Waals surface area contributed by atoms with Crippen LogP contribution in [0.4, 0.5) is 5.69 Å². The van der Waals surface area contributed by atoms with E-state index in [0.29, 0.717) is 23.2 Å². The van der Waals surface area contributed by atoms with Crippen LogP contribution in [0.1, 0.15) is 50.0 Å². The van der Waals surface area contributed by atoms with Crippen LogP contribution in [0.25, 0.3) is 0 Å². The molecular formula is C15H23N3O. The smallest absolute Gasteiger partial charge is 0.272 e. The van der Waals surface area contributed by atoms with Crippen molar-refractivity contribution in [3.8, 4) is 0 Å². The van der Waals surface area contributed by atoms with Gasteiger partial charge < -0.3 is 11.1 Å². The summed E-state index contributed by atoms with van der Waals surface area (Å²) in [4.78, 5) is 16.3. The predicted octanol–water partition coefficient (Wildman–Crippen LogP) is 2.61. The van der Waals surface area contributed by atoms with Crippen molar-refractivity contribution in [2.45, 2.75) is 45.6 Å². The monoisotopic (exact) mass is 261 g/mol. The van der Waals surface area contributed by atoms with Crippen LogP contribution < -0.4 is 11.1 Å². The molecule has 1 aliphatic rings. The number of rotatable bonds is 3. The average Bonchev–Trinajstić information content (AvgIpc) is 2.39. The van der Waals surface area contributed by atoms with E-state index in [4.69, 9.17) is 5.73 Å². The minimum absolute atomic E-state index is 0.143. The Morgan fingerprint density at radius 2 is 2.16 bits per heavy atom. The van der Waals surface area contributed by atoms with Gasteiger partial charge in [-0.3, -0.25) is 4.79 Å². The van der Waals surface area contributed by atoms with Crippen LogP contribution >= 0.6 is 0 Å². The molecule has 0 aliphatic heterocycles. The molecule has 1 amide bonds. The Morgan fingerprint density at radius 1 is 1.42 bits per heavy atom. The average molecular weight is 261 g/mol. The van der Waals surface area contributed by atoms with Crippen LogP contribution in [-0.2, 0) is 0 Å². The Hall–Kier alpha value is -1.58. The highest BCUT2D eigenvalue weighted by Crippen LogP contribution is 2.30. The van der Waals surface area contributed by atoms with Gasteiger partial charge in [0.25, 0.3) is 5.91 Å². The van der Waals surface area contributed by atoms with Crippen LogP contribution in [0.2, 0.25) is 0 Å². The predicted molar refractivity (Wildman–Crippen MR) is 76.7 cm³/mol. The van der Waals surface area contributed by atoms with Gasteiger partial charge in [0.2, 0.25) is 0 Å². The van der Waals surface area contributed by atoms with Gasteiger partial charge in [0.1, 0.15) is 0 Å². The molecule has 0 aromatic carbocycles. The van der Waals surface area contributed by atoms with Crippen LogP contribution in [-0.4, -0.2) is 16.9 Å². The summed E-state index contributed by atoms with van der Waals surface area (Å²) < 4.78 is 0. The van der Waals surface area contributed by atoms with Gasteiger partial charge in [-0.1, -0.05) is 26.7 Å². The van der Waals surface area contributed by atoms with E-state index < -0.39 is 0 Å². The number of anilines is 1. The first-order valence-electron chi connectivity index (χ1n) is 7.11. The summed E-state index contributed by atoms with van der Waals surface area (Å²) in [6.07, 6.45) is 6.31. The van der Waals surface area contributed by atoms with Gasteiger partial charge in [0, 0.05) is 12.2 Å². The molecule has 4 heteroatoms. The number of hydrogen-bond donors (Lipinski definition) is 2. The second-order valence-electron chi connectivity index (χ2n) is 5.71. The van der Waals surface area contributed by atoms with Crippen molar-refractivity contribution in [1.29, 1.82) is 0 Å². The van der Waals surface area contributed by atoms with Gasteiger partial charge in [0.05, 0.1) is 5.69 Å². The fourth-order valence-electron chi connectivity index (χ4n) is 2.98. The first kappa shape index (κ1) is 13.8. The zero-order valence-corrected chi connectivity index (χ0v) is 11.7. The number of amides is 1. The quantitative estimate of drug-likeness (QED) is 0.878. The third kappa shape index (κ3) is 3.25. The Morgan fingerprint density at radius 3 is 2.84 bits per heavy atom. The maximum Gasteiger partial charge on any atom is 0.272 e. The lowest BCUT2D eigenvalue weighted by Gasteiger charge is -2.34. The van der Waals surface area contributed by atoms with Crippen LogP contribution in [0, 0.1) is 11.8 Å². The van der Waals surface area contributed by atoms with Gasteiger partial charge in [-0.15, -0.1) is 0 Å². The molecule has 1 fully saturated rings. The van der Waals surface area contributed by atoms with E-state index in [1.807, 2.05) is 0 Å². The lowest BCUT2D eigenvalue weighted by molar-refractivity contribution is 0.0885. The second-order valence-corrected chi connectivity index (χ2v) is 5.71. The highest BCUT2D eigenvalue weighted by atomic mass is 16.2. The third-order valence-electron chi connectivity index (χ3n) is 4.05. The molecular weight excluding hydrogens is 238 g/mol. The zero-order valence-electron chi connectivity index (χ0n) is 11.7. The van der Waals surface area contributed by atoms with E-state index in [0.717, 1.165) is 6.42 Å². The fourth-order valence-corrected chi connectivity index (χ4v) is 2.98. The summed E-state index contributed by atoms with van der Waals surface area (Å²) in [5, 5.41) is 3.13. The van der Waals surface area contributed by atoms with Crippen molar-refractivity contribution in [3.63, 3.8) is 0 Å². The van der Waals surface area contributed by atoms with Gasteiger partial charge in [-0.2, -0.15) is 0 Å². The second kappa shape index (κ2) is 6.04. The number of aromatic nitrogens is 1. The molecule has 0 spiro atoms. The number of hydrogen-bond acceptors (Lipinski definition) is 3. The van der Waals surface area contributed by atoms with E-state index in [9.17, 15) is 4.79 Å². The SMILES string of the molecule is CC(C)C1CCCCC1NC(=O)c1ncccc1N. The number of nitrogens with one attached hydrogen (secondary N) is 1. The first-order chi connectivity index (χ1) is 9.09. The molecule has 104 valence electrons. The van der Waals surface area contributed by atoms with E-state index in [1.165, 1.54) is 19.3 Å². The van der Waals surface area contributed by atoms with Crippen molar-refractivity contribution >= 4 is 11.6 Å². The number of carbonyl (C=O) groups excluding carboxylic acids is 1. The topological polar surface area (TPSA) is 68.0 Å². The van der Waals surface area contributed by atoms with Gasteiger partial charge >= 0.3 is 0 Å². The van der Waals surface area contributed by atoms with Crippen molar-refractivity contribution in [2.24, 2.45) is 11.8 Å². The molecule has 1 aromatic rings. The Balaban J connectivity index is 2.07. The van der Waals surface area contributed by atoms with Crippen LogP contribution in [0.3, 0.4) is 0 Å². The number of nitrogen functional groups attached to an aromatic ring is 1. The molecule has 1 aromatic heterocycles. The van der Waals surface area contributed by atoms with E-state index in [2.05, 4.69) is 24.1 Å². The van der Waals surface area contributed by atoms with Crippen molar-refractivity contribution in [2.75, 3.05) is 5.73 Å². The molecule has 2 rings (SSSR count). The summed E-state index contributed by atoms with van der Waals surface area (Å²) in [7, 11) is 0. The fraction of sp³-hybridized carbons (Fsp3) is 0.600. The molecule has 19 heavy (non-hydrogen) atoms. The molecule has 1 heterocycles. The van der Waals surface area contributed by atoms with Gasteiger partial charge in [-0.05, 0) is 36.8 Å². The van der Waals surface area contributed by atoms with Crippen molar-refractivity contribution < 1.29 is 4.79 Å². The molecule has 0 saturated heterocycles. The minimum atomic E-state index is -0.143. The highest BCUT2D eigenvalue weighted by molar-refractivity contribution is 5.97. The lowest BCUT2D eigenvalue weighted by Crippen LogP contribution is -2.44. The minimum Gasteiger partial charge on any atom is -0.397 e. The Kier molecular flexibility index (Phi) is 4.40. The third-order valence-corrected chi connectivity index (χ3v) is 4.05. The van der Waals surface area contributed by atoms with Crippen molar-refractivity contribution in [1.82, 2.24) is 10.3 Å². The molecule has 1 aliphatic carbocycles. The lowest BCUT2D eigenvalue weighted by atomic mass is 9.78. The summed E-state index contributed by atoms with van der Waals surface area (Å²) in [6.45, 7) is 4.45. The molecule has 0 radical (unpaired) electrons. The molecule has 3 N–H and O–H groups in total. The van der Waals surface area contributed by atoms with Gasteiger partial charge in [-0.25, -0.2) is 4.98 Å². The van der Waals surface area contributed by atoms with E-state index in [1.54, 1.807) is 18.3 Å². The highest BCUT2D eigenvalue weighted by Gasteiger charge is 2.29. The number of nitrogens with two attached hydrogens (primary N) is 1. The molecule has 0 bridgehead atoms. The van der Waals surface area contributed by atoms with Crippen LogP contribution in [0.15, 0.2) is 18.3 Å². The standard InChI is InChI=1S/C15H23N3O/c1-10(2)11-6-3-4-8-13(11)18-15(19)14-12(16)7-5-9-17-14/h5,7,9-11,13H,3-4,6,8,16H2,1-2H3,(H,18,19). The zero-order chi connectivity index (χ0) is 13.8. The largest absolute Gasteiger partial charge is 0.397 e. The van der Waals surface area contributed by atoms with Crippen LogP contribution in [0.5, 0.6) is 0 Å². The van der Waals surface area contributed by atoms with Crippen molar-refractivity contribution in [3.05, 3.63) is 24.0 Å². The number of nitrogens with zero attached hydrogens (tertiary/aromatic N) is 1. The number of pyridine rings is 1. The Bertz CT molecular complexity index is 445. The maximum absolute atomic E-state index is 12.2. The molecule has 2 unspecified atom stereocenters. The normalized spacial score (nSPS) is 23.3. The number of carbonyl (C=O) groups is 1. The van der Waals surface area contributed by atoms with E-state index in [-0.39, 0.29) is 11.9 Å². The summed E-state index contributed by atoms with van der Waals surface area (Å²) in [5.74, 6) is 1.00. The molecule has 4 nitrogen and oxygen atoms in total. The molecule has 1 saturated carbocycles. The van der Waals surface area contributed by atoms with E-state index >= 15 is 0 Å². The van der Waals surface area contributed by atoms with Gasteiger partial charge in [0.15, 0.2) is 5.69 Å². The molecule has 2 atom stereocenters. The summed E-state index contributed by atoms with van der Waals surface area (Å²) in [6, 6.07) is 3.70. The summed E-state index contributed by atoms with van der Waals surface area (Å²) in [5.41, 5.74) is 6.58. The summed E-state index contributed by atoms with van der Waals surface area (Å²) >= 11 is 0. The maximum atomic E-state index is 12.2. The Labute approximate surface area is 114 Å².